The van der Waals surface area contributed by atoms with Crippen LogP contribution in [-0.2, 0) is 10.2 Å². The molecule has 1 aromatic heterocycles. The smallest absolute Gasteiger partial charge is 0.237 e. The van der Waals surface area contributed by atoms with Crippen molar-refractivity contribution >= 4 is 40.5 Å². The summed E-state index contributed by atoms with van der Waals surface area (Å²) in [5, 5.41) is 0. The van der Waals surface area contributed by atoms with E-state index >= 15 is 0 Å². The number of aromatic nitrogens is 2. The van der Waals surface area contributed by atoms with E-state index in [1.807, 2.05) is 61.2 Å². The highest BCUT2D eigenvalue weighted by Crippen LogP contribution is 2.43. The van der Waals surface area contributed by atoms with Gasteiger partial charge in [-0.05, 0) is 61.7 Å². The van der Waals surface area contributed by atoms with E-state index in [-0.39, 0.29) is 5.91 Å². The molecule has 0 spiro atoms. The first-order chi connectivity index (χ1) is 13.9. The Morgan fingerprint density at radius 3 is 2.72 bits per heavy atom. The van der Waals surface area contributed by atoms with Crippen LogP contribution in [0, 0.1) is 0 Å². The zero-order valence-electron chi connectivity index (χ0n) is 17.3. The second-order valence-electron chi connectivity index (χ2n) is 8.26. The summed E-state index contributed by atoms with van der Waals surface area (Å²) in [5.74, 6) is 0.949. The summed E-state index contributed by atoms with van der Waals surface area (Å²) in [4.78, 5) is 23.0. The summed E-state index contributed by atoms with van der Waals surface area (Å²) in [5.41, 5.74) is 11.1. The number of nitrogens with one attached hydrogen (secondary N) is 1. The fourth-order valence-corrected chi connectivity index (χ4v) is 4.00. The van der Waals surface area contributed by atoms with Crippen LogP contribution in [0.3, 0.4) is 0 Å². The number of unbranched alkanes of at least 4 members (excludes halogenated alkanes) is 2. The summed E-state index contributed by atoms with van der Waals surface area (Å²) >= 11 is 0. The Morgan fingerprint density at radius 2 is 1.97 bits per heavy atom. The lowest BCUT2D eigenvalue weighted by atomic mass is 9.86. The van der Waals surface area contributed by atoms with Crippen molar-refractivity contribution in [3.63, 3.8) is 0 Å². The minimum Gasteiger partial charge on any atom is -0.398 e. The molecule has 3 aromatic rings. The van der Waals surface area contributed by atoms with E-state index < -0.39 is 5.41 Å². The number of rotatable bonds is 6. The molecule has 0 aliphatic carbocycles. The summed E-state index contributed by atoms with van der Waals surface area (Å²) in [7, 11) is 0. The van der Waals surface area contributed by atoms with Crippen molar-refractivity contribution in [2.75, 3.05) is 17.2 Å². The highest BCUT2D eigenvalue weighted by atomic mass is 16.2. The molecular formula is C24H28N4O. The summed E-state index contributed by atoms with van der Waals surface area (Å²) in [6.07, 6.45) is 7.18. The van der Waals surface area contributed by atoms with Gasteiger partial charge in [0.1, 0.15) is 5.82 Å². The van der Waals surface area contributed by atoms with Crippen molar-refractivity contribution < 1.29 is 4.79 Å². The number of para-hydroxylation sites is 1. The molecule has 0 bridgehead atoms. The van der Waals surface area contributed by atoms with Gasteiger partial charge in [-0.1, -0.05) is 38.0 Å². The minimum absolute atomic E-state index is 0.177. The van der Waals surface area contributed by atoms with Gasteiger partial charge in [0.05, 0.1) is 22.1 Å². The Kier molecular flexibility index (Phi) is 4.91. The molecule has 5 heteroatoms. The van der Waals surface area contributed by atoms with Gasteiger partial charge < -0.3 is 15.6 Å². The number of amides is 1. The van der Waals surface area contributed by atoms with E-state index in [4.69, 9.17) is 10.7 Å². The van der Waals surface area contributed by atoms with Gasteiger partial charge in [0.25, 0.3) is 0 Å². The first-order valence-corrected chi connectivity index (χ1v) is 10.3. The topological polar surface area (TPSA) is 75.0 Å². The molecule has 3 N–H and O–H groups in total. The van der Waals surface area contributed by atoms with Gasteiger partial charge in [-0.3, -0.25) is 4.79 Å². The Bertz CT molecular complexity index is 1090. The zero-order chi connectivity index (χ0) is 20.6. The van der Waals surface area contributed by atoms with Crippen molar-refractivity contribution in [3.05, 3.63) is 53.3 Å². The van der Waals surface area contributed by atoms with Gasteiger partial charge in [-0.25, -0.2) is 4.98 Å². The Labute approximate surface area is 171 Å². The van der Waals surface area contributed by atoms with Gasteiger partial charge >= 0.3 is 0 Å². The van der Waals surface area contributed by atoms with Crippen LogP contribution in [0.25, 0.3) is 23.2 Å². The normalized spacial score (nSPS) is 15.6. The molecule has 5 nitrogen and oxygen atoms in total. The van der Waals surface area contributed by atoms with E-state index in [0.717, 1.165) is 65.2 Å². The average molecular weight is 389 g/mol. The number of nitrogen functional groups attached to an aromatic ring is 1. The van der Waals surface area contributed by atoms with Gasteiger partial charge in [0.15, 0.2) is 0 Å². The lowest BCUT2D eigenvalue weighted by molar-refractivity contribution is -0.122. The second kappa shape index (κ2) is 7.39. The molecule has 1 amide bonds. The van der Waals surface area contributed by atoms with E-state index in [2.05, 4.69) is 18.0 Å². The largest absolute Gasteiger partial charge is 0.398 e. The van der Waals surface area contributed by atoms with E-state index in [1.165, 1.54) is 0 Å². The molecule has 0 radical (unpaired) electrons. The van der Waals surface area contributed by atoms with Crippen molar-refractivity contribution in [1.29, 1.82) is 0 Å². The molecule has 0 fully saturated rings. The number of nitrogens with two attached hydrogens (primary N) is 1. The van der Waals surface area contributed by atoms with Crippen molar-refractivity contribution in [3.8, 4) is 0 Å². The highest BCUT2D eigenvalue weighted by molar-refractivity contribution is 6.09. The van der Waals surface area contributed by atoms with Crippen LogP contribution in [0.2, 0.25) is 0 Å². The van der Waals surface area contributed by atoms with Crippen LogP contribution in [0.5, 0.6) is 0 Å². The maximum Gasteiger partial charge on any atom is 0.237 e. The molecule has 1 aliphatic heterocycles. The van der Waals surface area contributed by atoms with Crippen LogP contribution in [-0.4, -0.2) is 22.4 Å². The van der Waals surface area contributed by atoms with Gasteiger partial charge in [-0.15, -0.1) is 0 Å². The number of H-pyrrole nitrogens is 1. The predicted molar refractivity (Wildman–Crippen MR) is 121 cm³/mol. The fraction of sp³-hybridized carbons (Fsp3) is 0.333. The molecule has 29 heavy (non-hydrogen) atoms. The Hall–Kier alpha value is -3.08. The van der Waals surface area contributed by atoms with Crippen LogP contribution in [0.1, 0.15) is 57.0 Å². The van der Waals surface area contributed by atoms with Gasteiger partial charge in [0.2, 0.25) is 5.91 Å². The third kappa shape index (κ3) is 3.41. The lowest BCUT2D eigenvalue weighted by Crippen LogP contribution is -2.36. The fourth-order valence-electron chi connectivity index (χ4n) is 4.00. The molecule has 150 valence electrons. The number of carbonyl (C=O) groups is 1. The molecule has 4 rings (SSSR count). The van der Waals surface area contributed by atoms with Crippen LogP contribution in [0.15, 0.2) is 36.4 Å². The van der Waals surface area contributed by atoms with Crippen LogP contribution in [0.4, 0.5) is 11.4 Å². The number of nitrogens with zero attached hydrogens (tertiary/aromatic N) is 2. The van der Waals surface area contributed by atoms with Crippen molar-refractivity contribution in [2.45, 2.75) is 45.4 Å². The van der Waals surface area contributed by atoms with E-state index in [1.54, 1.807) is 0 Å². The number of benzene rings is 2. The summed E-state index contributed by atoms with van der Waals surface area (Å²) < 4.78 is 0. The van der Waals surface area contributed by atoms with E-state index in [0.29, 0.717) is 0 Å². The van der Waals surface area contributed by atoms with E-state index in [9.17, 15) is 4.79 Å². The molecule has 2 heterocycles. The standard InChI is InChI=1S/C24H28N4O/c1-4-5-8-13-28-21-15-20-19(14-17(21)24(2,3)23(28)29)26-22(27-20)12-11-16-9-6-7-10-18(16)25/h6-7,9-12,14-15H,4-5,8,13,25H2,1-3H3,(H,26,27)/b12-11+. The maximum absolute atomic E-state index is 13.0. The van der Waals surface area contributed by atoms with Crippen LogP contribution < -0.4 is 10.6 Å². The second-order valence-corrected chi connectivity index (χ2v) is 8.26. The monoisotopic (exact) mass is 388 g/mol. The molecule has 0 unspecified atom stereocenters. The third-order valence-corrected chi connectivity index (χ3v) is 5.76. The lowest BCUT2D eigenvalue weighted by Gasteiger charge is -2.20. The molecule has 2 aromatic carbocycles. The summed E-state index contributed by atoms with van der Waals surface area (Å²) in [6.45, 7) is 6.96. The predicted octanol–water partition coefficient (Wildman–Crippen LogP) is 5.13. The zero-order valence-corrected chi connectivity index (χ0v) is 17.3. The van der Waals surface area contributed by atoms with Gasteiger partial charge in [-0.2, -0.15) is 0 Å². The van der Waals surface area contributed by atoms with Crippen molar-refractivity contribution in [2.24, 2.45) is 0 Å². The summed E-state index contributed by atoms with van der Waals surface area (Å²) in [6, 6.07) is 11.9. The highest BCUT2D eigenvalue weighted by Gasteiger charge is 2.43. The SMILES string of the molecule is CCCCCN1C(=O)C(C)(C)c2cc3[nH]c(/C=C/c4ccccc4N)nc3cc21. The number of carbonyl (C=O) groups excluding carboxylic acids is 1. The van der Waals surface area contributed by atoms with Gasteiger partial charge in [0, 0.05) is 12.2 Å². The Balaban J connectivity index is 1.69. The molecule has 0 atom stereocenters. The molecule has 0 saturated carbocycles. The molecule has 0 saturated heterocycles. The number of anilines is 2. The quantitative estimate of drug-likeness (QED) is 0.454. The number of imidazole rings is 1. The number of hydrogen-bond donors (Lipinski definition) is 2. The number of fused-ring (bicyclic) bond motifs is 2. The van der Waals surface area contributed by atoms with Crippen molar-refractivity contribution in [1.82, 2.24) is 9.97 Å². The first-order valence-electron chi connectivity index (χ1n) is 10.3. The minimum atomic E-state index is -0.519. The molecule has 1 aliphatic rings. The number of aromatic amines is 1. The van der Waals surface area contributed by atoms with Crippen LogP contribution >= 0.6 is 0 Å². The number of hydrogen-bond acceptors (Lipinski definition) is 3. The Morgan fingerprint density at radius 1 is 1.17 bits per heavy atom. The average Bonchev–Trinajstić information content (AvgIpc) is 3.18. The third-order valence-electron chi connectivity index (χ3n) is 5.76. The maximum atomic E-state index is 13.0. The molecular weight excluding hydrogens is 360 g/mol. The first kappa shape index (κ1) is 19.2.